The molecule has 0 spiro atoms. The zero-order chi connectivity index (χ0) is 13.0. The highest BCUT2D eigenvalue weighted by Gasteiger charge is 2.24. The van der Waals surface area contributed by atoms with Crippen LogP contribution < -0.4 is 5.32 Å². The summed E-state index contributed by atoms with van der Waals surface area (Å²) in [5.41, 5.74) is 1.06. The van der Waals surface area contributed by atoms with Gasteiger partial charge in [0.25, 0.3) is 0 Å². The number of rotatable bonds is 4. The molecule has 2 unspecified atom stereocenters. The first kappa shape index (κ1) is 14.3. The highest BCUT2D eigenvalue weighted by atomic mass is 79.9. The lowest BCUT2D eigenvalue weighted by molar-refractivity contribution is -0.00358. The molecule has 100 valence electrons. The van der Waals surface area contributed by atoms with Crippen molar-refractivity contribution in [3.05, 3.63) is 33.3 Å². The summed E-state index contributed by atoms with van der Waals surface area (Å²) >= 11 is 9.60. The van der Waals surface area contributed by atoms with Crippen LogP contribution in [0.15, 0.2) is 22.7 Å². The van der Waals surface area contributed by atoms with Gasteiger partial charge in [-0.05, 0) is 37.6 Å². The molecule has 1 N–H and O–H groups in total. The van der Waals surface area contributed by atoms with E-state index in [1.54, 1.807) is 0 Å². The molecule has 1 saturated carbocycles. The topological polar surface area (TPSA) is 21.3 Å². The van der Waals surface area contributed by atoms with Crippen LogP contribution in [0.2, 0.25) is 5.02 Å². The Hall–Kier alpha value is -0.0900. The molecule has 1 aromatic carbocycles. The maximum absolute atomic E-state index is 6.19. The first-order valence-corrected chi connectivity index (χ1v) is 7.60. The zero-order valence-corrected chi connectivity index (χ0v) is 12.9. The smallest absolute Gasteiger partial charge is 0.0735 e. The van der Waals surface area contributed by atoms with Gasteiger partial charge in [0, 0.05) is 15.5 Å². The molecule has 0 aliphatic heterocycles. The summed E-state index contributed by atoms with van der Waals surface area (Å²) in [5, 5.41) is 4.11. The number of halogens is 2. The first-order chi connectivity index (χ1) is 8.70. The fourth-order valence-electron chi connectivity index (χ4n) is 2.46. The van der Waals surface area contributed by atoms with Gasteiger partial charge < -0.3 is 10.1 Å². The van der Waals surface area contributed by atoms with Crippen molar-refractivity contribution in [1.29, 1.82) is 0 Å². The zero-order valence-electron chi connectivity index (χ0n) is 10.6. The lowest BCUT2D eigenvalue weighted by Gasteiger charge is -2.31. The number of ether oxygens (including phenoxy) is 1. The molecule has 1 fully saturated rings. The summed E-state index contributed by atoms with van der Waals surface area (Å²) in [4.78, 5) is 0. The van der Waals surface area contributed by atoms with E-state index in [9.17, 15) is 0 Å². The summed E-state index contributed by atoms with van der Waals surface area (Å²) in [6, 6.07) is 6.41. The lowest BCUT2D eigenvalue weighted by atomic mass is 9.92. The van der Waals surface area contributed by atoms with Crippen molar-refractivity contribution in [2.45, 2.75) is 44.4 Å². The predicted molar refractivity (Wildman–Crippen MR) is 79.0 cm³/mol. The number of benzene rings is 1. The lowest BCUT2D eigenvalue weighted by Crippen LogP contribution is -2.41. The van der Waals surface area contributed by atoms with E-state index >= 15 is 0 Å². The minimum atomic E-state index is 0.309. The molecule has 2 rings (SSSR count). The summed E-state index contributed by atoms with van der Waals surface area (Å²) in [6.45, 7) is 0.592. The average Bonchev–Trinajstić information content (AvgIpc) is 2.38. The van der Waals surface area contributed by atoms with Crippen LogP contribution in [0.1, 0.15) is 31.2 Å². The molecule has 0 radical (unpaired) electrons. The van der Waals surface area contributed by atoms with Gasteiger partial charge in [0.1, 0.15) is 0 Å². The van der Waals surface area contributed by atoms with Crippen molar-refractivity contribution in [3.8, 4) is 0 Å². The summed E-state index contributed by atoms with van der Waals surface area (Å²) < 4.78 is 7.03. The van der Waals surface area contributed by atoms with Crippen LogP contribution >= 0.6 is 27.5 Å². The molecule has 0 heterocycles. The van der Waals surface area contributed by atoms with Crippen LogP contribution in [-0.4, -0.2) is 19.2 Å². The van der Waals surface area contributed by atoms with E-state index in [1.807, 2.05) is 25.2 Å². The Balaban J connectivity index is 1.93. The fraction of sp³-hybridized carbons (Fsp3) is 0.571. The fourth-order valence-corrected chi connectivity index (χ4v) is 3.19. The molecule has 1 aliphatic carbocycles. The molecule has 0 amide bonds. The van der Waals surface area contributed by atoms with Crippen LogP contribution in [-0.2, 0) is 11.3 Å². The van der Waals surface area contributed by atoms with Gasteiger partial charge in [0.15, 0.2) is 0 Å². The van der Waals surface area contributed by atoms with Crippen molar-refractivity contribution in [2.24, 2.45) is 0 Å². The van der Waals surface area contributed by atoms with E-state index in [0.717, 1.165) is 21.5 Å². The second-order valence-electron chi connectivity index (χ2n) is 4.76. The Morgan fingerprint density at radius 3 is 2.89 bits per heavy atom. The Labute approximate surface area is 122 Å². The third-order valence-corrected chi connectivity index (χ3v) is 4.39. The molecule has 0 saturated heterocycles. The molecule has 0 bridgehead atoms. The largest absolute Gasteiger partial charge is 0.372 e. The van der Waals surface area contributed by atoms with Crippen molar-refractivity contribution in [1.82, 2.24) is 5.32 Å². The quantitative estimate of drug-likeness (QED) is 0.894. The number of nitrogens with one attached hydrogen (secondary N) is 1. The van der Waals surface area contributed by atoms with E-state index in [1.165, 1.54) is 19.3 Å². The van der Waals surface area contributed by atoms with E-state index in [0.29, 0.717) is 18.8 Å². The molecule has 2 atom stereocenters. The number of likely N-dealkylation sites (N-methyl/N-ethyl adjacent to an activating group) is 1. The Morgan fingerprint density at radius 1 is 1.39 bits per heavy atom. The molecule has 0 aromatic heterocycles. The maximum Gasteiger partial charge on any atom is 0.0735 e. The van der Waals surface area contributed by atoms with E-state index in [4.69, 9.17) is 16.3 Å². The first-order valence-electron chi connectivity index (χ1n) is 6.43. The van der Waals surface area contributed by atoms with Gasteiger partial charge in [-0.25, -0.2) is 0 Å². The van der Waals surface area contributed by atoms with Crippen molar-refractivity contribution in [3.63, 3.8) is 0 Å². The van der Waals surface area contributed by atoms with E-state index < -0.39 is 0 Å². The van der Waals surface area contributed by atoms with Gasteiger partial charge >= 0.3 is 0 Å². The van der Waals surface area contributed by atoms with Gasteiger partial charge in [0.2, 0.25) is 0 Å². The van der Waals surface area contributed by atoms with Crippen molar-refractivity contribution >= 4 is 27.5 Å². The van der Waals surface area contributed by atoms with Gasteiger partial charge in [-0.2, -0.15) is 0 Å². The van der Waals surface area contributed by atoms with Crippen LogP contribution in [0.3, 0.4) is 0 Å². The molecular weight excluding hydrogens is 314 g/mol. The summed E-state index contributed by atoms with van der Waals surface area (Å²) in [7, 11) is 2.01. The molecule has 1 aliphatic rings. The summed E-state index contributed by atoms with van der Waals surface area (Å²) in [5.74, 6) is 0. The molecule has 1 aromatic rings. The highest BCUT2D eigenvalue weighted by molar-refractivity contribution is 9.10. The molecule has 18 heavy (non-hydrogen) atoms. The average molecular weight is 333 g/mol. The normalized spacial score (nSPS) is 24.2. The predicted octanol–water partition coefficient (Wildman–Crippen LogP) is 4.15. The number of hydrogen-bond donors (Lipinski definition) is 1. The maximum atomic E-state index is 6.19. The molecule has 4 heteroatoms. The Kier molecular flexibility index (Phi) is 5.49. The van der Waals surface area contributed by atoms with Crippen LogP contribution in [0.5, 0.6) is 0 Å². The minimum absolute atomic E-state index is 0.309. The van der Waals surface area contributed by atoms with Crippen molar-refractivity contribution < 1.29 is 4.74 Å². The Bertz CT molecular complexity index is 399. The molecule has 2 nitrogen and oxygen atoms in total. The van der Waals surface area contributed by atoms with Gasteiger partial charge in [-0.1, -0.05) is 46.4 Å². The van der Waals surface area contributed by atoms with Crippen LogP contribution in [0.25, 0.3) is 0 Å². The minimum Gasteiger partial charge on any atom is -0.372 e. The SMILES string of the molecule is CNC1CCCCC1OCc1ccc(Br)cc1Cl. The van der Waals surface area contributed by atoms with Crippen molar-refractivity contribution in [2.75, 3.05) is 7.05 Å². The van der Waals surface area contributed by atoms with Crippen LogP contribution in [0, 0.1) is 0 Å². The monoisotopic (exact) mass is 331 g/mol. The van der Waals surface area contributed by atoms with Gasteiger partial charge in [-0.15, -0.1) is 0 Å². The standard InChI is InChI=1S/C14H19BrClNO/c1-17-13-4-2-3-5-14(13)18-9-10-6-7-11(15)8-12(10)16/h6-8,13-14,17H,2-5,9H2,1H3. The molecular formula is C14H19BrClNO. The van der Waals surface area contributed by atoms with E-state index in [-0.39, 0.29) is 0 Å². The number of hydrogen-bond acceptors (Lipinski definition) is 2. The third kappa shape index (κ3) is 3.70. The summed E-state index contributed by atoms with van der Waals surface area (Å²) in [6.07, 6.45) is 5.21. The highest BCUT2D eigenvalue weighted by Crippen LogP contribution is 2.25. The van der Waals surface area contributed by atoms with Crippen LogP contribution in [0.4, 0.5) is 0 Å². The van der Waals surface area contributed by atoms with Gasteiger partial charge in [0.05, 0.1) is 12.7 Å². The van der Waals surface area contributed by atoms with E-state index in [2.05, 4.69) is 21.2 Å². The second kappa shape index (κ2) is 6.90. The second-order valence-corrected chi connectivity index (χ2v) is 6.09. The Morgan fingerprint density at radius 2 is 2.17 bits per heavy atom. The van der Waals surface area contributed by atoms with Gasteiger partial charge in [-0.3, -0.25) is 0 Å². The third-order valence-electron chi connectivity index (χ3n) is 3.54.